The first kappa shape index (κ1) is 14.0. The summed E-state index contributed by atoms with van der Waals surface area (Å²) < 4.78 is 7.10. The summed E-state index contributed by atoms with van der Waals surface area (Å²) in [5, 5.41) is 2.36. The number of thioether (sulfide) groups is 1. The van der Waals surface area contributed by atoms with Crippen molar-refractivity contribution in [2.75, 3.05) is 5.75 Å². The minimum atomic E-state index is -0.208. The number of nitrogens with zero attached hydrogens (tertiary/aromatic N) is 2. The van der Waals surface area contributed by atoms with Gasteiger partial charge in [-0.25, -0.2) is 4.98 Å². The normalized spacial score (nSPS) is 17.8. The quantitative estimate of drug-likeness (QED) is 0.812. The molecule has 0 radical (unpaired) electrons. The maximum Gasteiger partial charge on any atom is 0.324 e. The molecule has 3 heterocycles. The molecule has 4 nitrogen and oxygen atoms in total. The fourth-order valence-electron chi connectivity index (χ4n) is 2.11. The van der Waals surface area contributed by atoms with Crippen molar-refractivity contribution in [3.8, 4) is 0 Å². The Morgan fingerprint density at radius 2 is 2.50 bits per heavy atom. The minimum Gasteiger partial charge on any atom is -0.456 e. The monoisotopic (exact) mass is 328 g/mol. The Labute approximate surface area is 130 Å². The molecule has 106 valence electrons. The van der Waals surface area contributed by atoms with Crippen LogP contribution in [0.25, 0.3) is 0 Å². The fraction of sp³-hybridized carbons (Fsp3) is 0.385. The van der Waals surface area contributed by atoms with E-state index in [1.54, 1.807) is 40.9 Å². The van der Waals surface area contributed by atoms with Gasteiger partial charge in [0.1, 0.15) is 22.8 Å². The van der Waals surface area contributed by atoms with Crippen molar-refractivity contribution in [1.82, 2.24) is 9.55 Å². The molecule has 1 aliphatic rings. The molecule has 0 saturated heterocycles. The van der Waals surface area contributed by atoms with E-state index in [4.69, 9.17) is 16.3 Å². The molecule has 0 aliphatic carbocycles. The van der Waals surface area contributed by atoms with Crippen LogP contribution in [0.4, 0.5) is 0 Å². The van der Waals surface area contributed by atoms with Gasteiger partial charge in [0.25, 0.3) is 0 Å². The van der Waals surface area contributed by atoms with Gasteiger partial charge in [-0.2, -0.15) is 0 Å². The molecular formula is C13H13ClN2O2S2. The van der Waals surface area contributed by atoms with Gasteiger partial charge < -0.3 is 9.30 Å². The molecule has 0 aromatic carbocycles. The summed E-state index contributed by atoms with van der Waals surface area (Å²) in [5.74, 6) is 1.41. The second kappa shape index (κ2) is 5.79. The lowest BCUT2D eigenvalue weighted by molar-refractivity contribution is -0.144. The van der Waals surface area contributed by atoms with Crippen LogP contribution in [0.3, 0.4) is 0 Å². The Balaban J connectivity index is 1.68. The lowest BCUT2D eigenvalue weighted by Gasteiger charge is -2.20. The first-order chi connectivity index (χ1) is 9.66. The molecule has 0 amide bonds. The minimum absolute atomic E-state index is 0.151. The molecular weight excluding hydrogens is 316 g/mol. The van der Waals surface area contributed by atoms with E-state index in [0.717, 1.165) is 17.7 Å². The van der Waals surface area contributed by atoms with Gasteiger partial charge in [-0.1, -0.05) is 11.6 Å². The Morgan fingerprint density at radius 1 is 1.65 bits per heavy atom. The molecule has 0 fully saturated rings. The number of halogens is 1. The van der Waals surface area contributed by atoms with Crippen LogP contribution in [0.2, 0.25) is 5.15 Å². The lowest BCUT2D eigenvalue weighted by atomic mass is 10.1. The van der Waals surface area contributed by atoms with Gasteiger partial charge in [0.2, 0.25) is 0 Å². The largest absolute Gasteiger partial charge is 0.456 e. The van der Waals surface area contributed by atoms with Gasteiger partial charge in [-0.05, 0) is 29.2 Å². The molecule has 0 spiro atoms. The average molecular weight is 329 g/mol. The SMILES string of the molecule is Cn1c(Cl)cnc1COC(=O)[C@H]1SCCc2sccc21. The number of rotatable bonds is 3. The number of carbonyl (C=O) groups excluding carboxylic acids is 1. The van der Waals surface area contributed by atoms with Crippen LogP contribution >= 0.6 is 34.7 Å². The number of hydrogen-bond acceptors (Lipinski definition) is 5. The highest BCUT2D eigenvalue weighted by atomic mass is 35.5. The summed E-state index contributed by atoms with van der Waals surface area (Å²) in [7, 11) is 1.80. The predicted molar refractivity (Wildman–Crippen MR) is 81.2 cm³/mol. The summed E-state index contributed by atoms with van der Waals surface area (Å²) in [4.78, 5) is 17.7. The number of hydrogen-bond donors (Lipinski definition) is 0. The number of fused-ring (bicyclic) bond motifs is 1. The van der Waals surface area contributed by atoms with Crippen molar-refractivity contribution in [1.29, 1.82) is 0 Å². The van der Waals surface area contributed by atoms with Crippen LogP contribution in [0.5, 0.6) is 0 Å². The zero-order valence-corrected chi connectivity index (χ0v) is 13.2. The van der Waals surface area contributed by atoms with Gasteiger partial charge in [0.05, 0.1) is 6.20 Å². The second-order valence-corrected chi connectivity index (χ2v) is 7.06. The number of carbonyl (C=O) groups is 1. The Kier molecular flexibility index (Phi) is 4.05. The van der Waals surface area contributed by atoms with Crippen LogP contribution in [0, 0.1) is 0 Å². The summed E-state index contributed by atoms with van der Waals surface area (Å²) in [6.45, 7) is 0.151. The smallest absolute Gasteiger partial charge is 0.324 e. The highest BCUT2D eigenvalue weighted by Gasteiger charge is 2.29. The maximum atomic E-state index is 12.2. The first-order valence-electron chi connectivity index (χ1n) is 6.17. The highest BCUT2D eigenvalue weighted by Crippen LogP contribution is 2.40. The molecule has 7 heteroatoms. The van der Waals surface area contributed by atoms with E-state index in [0.29, 0.717) is 11.0 Å². The first-order valence-corrected chi connectivity index (χ1v) is 8.48. The van der Waals surface area contributed by atoms with Gasteiger partial charge in [-0.3, -0.25) is 4.79 Å². The van der Waals surface area contributed by atoms with Gasteiger partial charge in [0, 0.05) is 11.9 Å². The van der Waals surface area contributed by atoms with Crippen LogP contribution in [0.1, 0.15) is 21.5 Å². The maximum absolute atomic E-state index is 12.2. The summed E-state index contributed by atoms with van der Waals surface area (Å²) in [6, 6.07) is 2.02. The molecule has 2 aromatic rings. The standard InChI is InChI=1S/C13H13ClN2O2S2/c1-16-10(14)6-15-11(16)7-18-13(17)12-8-2-4-19-9(8)3-5-20-12/h2,4,6,12H,3,5,7H2,1H3/t12-/m0/s1. The topological polar surface area (TPSA) is 44.1 Å². The molecule has 1 aliphatic heterocycles. The molecule has 0 unspecified atom stereocenters. The molecule has 3 rings (SSSR count). The van der Waals surface area contributed by atoms with Crippen molar-refractivity contribution >= 4 is 40.7 Å². The zero-order valence-electron chi connectivity index (χ0n) is 10.8. The number of esters is 1. The van der Waals surface area contributed by atoms with E-state index >= 15 is 0 Å². The van der Waals surface area contributed by atoms with E-state index in [1.165, 1.54) is 4.88 Å². The summed E-state index contributed by atoms with van der Waals surface area (Å²) in [5.41, 5.74) is 1.11. The van der Waals surface area contributed by atoms with Gasteiger partial charge >= 0.3 is 5.97 Å². The van der Waals surface area contributed by atoms with Crippen molar-refractivity contribution < 1.29 is 9.53 Å². The van der Waals surface area contributed by atoms with Gasteiger partial charge in [0.15, 0.2) is 0 Å². The van der Waals surface area contributed by atoms with Crippen molar-refractivity contribution in [3.05, 3.63) is 39.1 Å². The number of aryl methyl sites for hydroxylation is 1. The molecule has 1 atom stereocenters. The Bertz CT molecular complexity index is 638. The number of imidazole rings is 1. The molecule has 0 saturated carbocycles. The van der Waals surface area contributed by atoms with Crippen LogP contribution in [-0.2, 0) is 29.6 Å². The molecule has 0 N–H and O–H groups in total. The fourth-order valence-corrected chi connectivity index (χ4v) is 4.54. The number of thiophene rings is 1. The van der Waals surface area contributed by atoms with Crippen LogP contribution in [-0.4, -0.2) is 21.3 Å². The third-order valence-electron chi connectivity index (χ3n) is 3.26. The van der Waals surface area contributed by atoms with Crippen molar-refractivity contribution in [2.45, 2.75) is 18.3 Å². The van der Waals surface area contributed by atoms with E-state index < -0.39 is 0 Å². The number of aromatic nitrogens is 2. The van der Waals surface area contributed by atoms with E-state index in [9.17, 15) is 4.79 Å². The number of ether oxygens (including phenoxy) is 1. The third-order valence-corrected chi connectivity index (χ3v) is 5.83. The van der Waals surface area contributed by atoms with E-state index in [-0.39, 0.29) is 17.8 Å². The zero-order chi connectivity index (χ0) is 14.1. The predicted octanol–water partition coefficient (Wildman–Crippen LogP) is 3.21. The molecule has 2 aromatic heterocycles. The van der Waals surface area contributed by atoms with E-state index in [2.05, 4.69) is 4.98 Å². The van der Waals surface area contributed by atoms with Crippen LogP contribution in [0.15, 0.2) is 17.6 Å². The van der Waals surface area contributed by atoms with Crippen molar-refractivity contribution in [2.24, 2.45) is 7.05 Å². The summed E-state index contributed by atoms with van der Waals surface area (Å²) in [6.07, 6.45) is 2.59. The third kappa shape index (κ3) is 2.60. The Hall–Kier alpha value is -0.980. The second-order valence-electron chi connectivity index (χ2n) is 4.46. The average Bonchev–Trinajstić information content (AvgIpc) is 3.04. The van der Waals surface area contributed by atoms with E-state index in [1.807, 2.05) is 11.4 Å². The lowest BCUT2D eigenvalue weighted by Crippen LogP contribution is -2.18. The molecule has 0 bridgehead atoms. The summed E-state index contributed by atoms with van der Waals surface area (Å²) >= 11 is 9.26. The van der Waals surface area contributed by atoms with Crippen LogP contribution < -0.4 is 0 Å². The molecule has 20 heavy (non-hydrogen) atoms. The van der Waals surface area contributed by atoms with Crippen molar-refractivity contribution in [3.63, 3.8) is 0 Å². The van der Waals surface area contributed by atoms with Gasteiger partial charge in [-0.15, -0.1) is 23.1 Å². The highest BCUT2D eigenvalue weighted by molar-refractivity contribution is 8.00. The Morgan fingerprint density at radius 3 is 3.25 bits per heavy atom.